The second-order valence-electron chi connectivity index (χ2n) is 4.95. The average molecular weight is 273 g/mol. The van der Waals surface area contributed by atoms with Crippen molar-refractivity contribution >= 4 is 0 Å². The van der Waals surface area contributed by atoms with Gasteiger partial charge in [-0.15, -0.1) is 0 Å². The van der Waals surface area contributed by atoms with Crippen LogP contribution in [-0.4, -0.2) is 18.8 Å². The maximum atomic E-state index is 12.0. The number of halogens is 3. The minimum atomic E-state index is -4.02. The van der Waals surface area contributed by atoms with E-state index in [1.807, 2.05) is 25.1 Å². The van der Waals surface area contributed by atoms with Crippen molar-refractivity contribution < 1.29 is 13.2 Å². The molecule has 19 heavy (non-hydrogen) atoms. The molecule has 0 saturated carbocycles. The van der Waals surface area contributed by atoms with Crippen molar-refractivity contribution in [2.75, 3.05) is 6.54 Å². The molecule has 1 rings (SSSR count). The van der Waals surface area contributed by atoms with Crippen LogP contribution in [0.25, 0.3) is 0 Å². The highest BCUT2D eigenvalue weighted by Gasteiger charge is 2.26. The quantitative estimate of drug-likeness (QED) is 0.695. The fourth-order valence-electron chi connectivity index (χ4n) is 2.00. The highest BCUT2D eigenvalue weighted by Crippen LogP contribution is 2.22. The summed E-state index contributed by atoms with van der Waals surface area (Å²) < 4.78 is 35.9. The third kappa shape index (κ3) is 8.65. The Bertz CT molecular complexity index is 335. The molecule has 1 atom stereocenters. The van der Waals surface area contributed by atoms with Crippen LogP contribution >= 0.6 is 0 Å². The molecule has 0 spiro atoms. The maximum absolute atomic E-state index is 12.0. The minimum Gasteiger partial charge on any atom is -0.314 e. The summed E-state index contributed by atoms with van der Waals surface area (Å²) >= 11 is 0. The average Bonchev–Trinajstić information content (AvgIpc) is 2.34. The van der Waals surface area contributed by atoms with Crippen LogP contribution in [0.3, 0.4) is 0 Å². The molecule has 1 nitrogen and oxygen atoms in total. The Morgan fingerprint density at radius 1 is 1.11 bits per heavy atom. The van der Waals surface area contributed by atoms with E-state index in [0.717, 1.165) is 19.4 Å². The van der Waals surface area contributed by atoms with Crippen LogP contribution in [0, 0.1) is 0 Å². The Kier molecular flexibility index (Phi) is 6.92. The molecule has 0 fully saturated rings. The SMILES string of the molecule is CC(CCCC(F)(F)F)NCCCc1ccccc1. The topological polar surface area (TPSA) is 12.0 Å². The molecule has 0 bridgehead atoms. The first-order valence-corrected chi connectivity index (χ1v) is 6.81. The molecule has 0 saturated heterocycles. The van der Waals surface area contributed by atoms with E-state index < -0.39 is 12.6 Å². The zero-order valence-corrected chi connectivity index (χ0v) is 11.3. The fourth-order valence-corrected chi connectivity index (χ4v) is 2.00. The molecule has 0 aliphatic rings. The Morgan fingerprint density at radius 2 is 1.79 bits per heavy atom. The molecule has 0 aromatic heterocycles. The Balaban J connectivity index is 2.03. The van der Waals surface area contributed by atoms with E-state index in [0.29, 0.717) is 6.42 Å². The Hall–Kier alpha value is -1.03. The van der Waals surface area contributed by atoms with Crippen molar-refractivity contribution in [2.45, 2.75) is 51.2 Å². The lowest BCUT2D eigenvalue weighted by Gasteiger charge is -2.14. The molecular formula is C15H22F3N. The molecular weight excluding hydrogens is 251 g/mol. The molecule has 1 N–H and O–H groups in total. The predicted octanol–water partition coefficient (Wildman–Crippen LogP) is 4.33. The molecule has 0 amide bonds. The number of alkyl halides is 3. The van der Waals surface area contributed by atoms with Gasteiger partial charge in [-0.25, -0.2) is 0 Å². The van der Waals surface area contributed by atoms with Crippen molar-refractivity contribution in [2.24, 2.45) is 0 Å². The third-order valence-electron chi connectivity index (χ3n) is 3.08. The van der Waals surface area contributed by atoms with Crippen LogP contribution in [0.4, 0.5) is 13.2 Å². The van der Waals surface area contributed by atoms with Gasteiger partial charge in [0.2, 0.25) is 0 Å². The summed E-state index contributed by atoms with van der Waals surface area (Å²) in [5.41, 5.74) is 1.30. The van der Waals surface area contributed by atoms with Gasteiger partial charge in [0.15, 0.2) is 0 Å². The number of hydrogen-bond donors (Lipinski definition) is 1. The monoisotopic (exact) mass is 273 g/mol. The molecule has 0 aliphatic carbocycles. The molecule has 108 valence electrons. The standard InChI is InChI=1S/C15H22F3N/c1-13(7-5-11-15(16,17)18)19-12-6-10-14-8-3-2-4-9-14/h2-4,8-9,13,19H,5-7,10-12H2,1H3. The summed E-state index contributed by atoms with van der Waals surface area (Å²) in [5, 5.41) is 3.27. The van der Waals surface area contributed by atoms with Gasteiger partial charge in [-0.3, -0.25) is 0 Å². The van der Waals surface area contributed by atoms with Crippen LogP contribution in [0.5, 0.6) is 0 Å². The normalized spacial score (nSPS) is 13.5. The van der Waals surface area contributed by atoms with Crippen LogP contribution in [0.15, 0.2) is 30.3 Å². The minimum absolute atomic E-state index is 0.151. The zero-order chi connectivity index (χ0) is 14.1. The van der Waals surface area contributed by atoms with Crippen molar-refractivity contribution in [3.05, 3.63) is 35.9 Å². The molecule has 0 aliphatic heterocycles. The number of rotatable bonds is 8. The lowest BCUT2D eigenvalue weighted by atomic mass is 10.1. The Labute approximate surface area is 113 Å². The van der Waals surface area contributed by atoms with Gasteiger partial charge in [-0.2, -0.15) is 13.2 Å². The van der Waals surface area contributed by atoms with E-state index in [2.05, 4.69) is 17.4 Å². The largest absolute Gasteiger partial charge is 0.389 e. The lowest BCUT2D eigenvalue weighted by molar-refractivity contribution is -0.135. The van der Waals surface area contributed by atoms with Crippen LogP contribution < -0.4 is 5.32 Å². The second kappa shape index (κ2) is 8.20. The van der Waals surface area contributed by atoms with Crippen LogP contribution in [-0.2, 0) is 6.42 Å². The highest BCUT2D eigenvalue weighted by molar-refractivity contribution is 5.14. The van der Waals surface area contributed by atoms with Crippen molar-refractivity contribution in [3.8, 4) is 0 Å². The summed E-state index contributed by atoms with van der Waals surface area (Å²) in [7, 11) is 0. The summed E-state index contributed by atoms with van der Waals surface area (Å²) in [5.74, 6) is 0. The van der Waals surface area contributed by atoms with Gasteiger partial charge in [0, 0.05) is 12.5 Å². The van der Waals surface area contributed by atoms with E-state index in [1.165, 1.54) is 5.56 Å². The maximum Gasteiger partial charge on any atom is 0.389 e. The van der Waals surface area contributed by atoms with E-state index >= 15 is 0 Å². The third-order valence-corrected chi connectivity index (χ3v) is 3.08. The van der Waals surface area contributed by atoms with E-state index in [9.17, 15) is 13.2 Å². The summed E-state index contributed by atoms with van der Waals surface area (Å²) in [4.78, 5) is 0. The van der Waals surface area contributed by atoms with Crippen LogP contribution in [0.2, 0.25) is 0 Å². The Morgan fingerprint density at radius 3 is 2.42 bits per heavy atom. The molecule has 0 heterocycles. The van der Waals surface area contributed by atoms with Crippen molar-refractivity contribution in [1.82, 2.24) is 5.32 Å². The first-order chi connectivity index (χ1) is 8.97. The van der Waals surface area contributed by atoms with E-state index in [4.69, 9.17) is 0 Å². The fraction of sp³-hybridized carbons (Fsp3) is 0.600. The smallest absolute Gasteiger partial charge is 0.314 e. The summed E-state index contributed by atoms with van der Waals surface area (Å²) in [6, 6.07) is 10.4. The summed E-state index contributed by atoms with van der Waals surface area (Å²) in [6.07, 6.45) is -1.91. The van der Waals surface area contributed by atoms with Crippen molar-refractivity contribution in [3.63, 3.8) is 0 Å². The summed E-state index contributed by atoms with van der Waals surface area (Å²) in [6.45, 7) is 2.79. The van der Waals surface area contributed by atoms with Gasteiger partial charge in [0.25, 0.3) is 0 Å². The number of nitrogens with one attached hydrogen (secondary N) is 1. The molecule has 4 heteroatoms. The predicted molar refractivity (Wildman–Crippen MR) is 72.1 cm³/mol. The van der Waals surface area contributed by atoms with Gasteiger partial charge in [-0.1, -0.05) is 30.3 Å². The van der Waals surface area contributed by atoms with Gasteiger partial charge >= 0.3 is 6.18 Å². The first kappa shape index (κ1) is 16.0. The number of benzene rings is 1. The molecule has 1 aromatic carbocycles. The number of aryl methyl sites for hydroxylation is 1. The van der Waals surface area contributed by atoms with Gasteiger partial charge in [0.05, 0.1) is 0 Å². The second-order valence-corrected chi connectivity index (χ2v) is 4.95. The van der Waals surface area contributed by atoms with Gasteiger partial charge in [-0.05, 0) is 44.7 Å². The van der Waals surface area contributed by atoms with Gasteiger partial charge < -0.3 is 5.32 Å². The lowest BCUT2D eigenvalue weighted by Crippen LogP contribution is -2.27. The molecule has 0 radical (unpaired) electrons. The molecule has 1 unspecified atom stereocenters. The highest BCUT2D eigenvalue weighted by atomic mass is 19.4. The molecule has 1 aromatic rings. The van der Waals surface area contributed by atoms with E-state index in [1.54, 1.807) is 0 Å². The number of hydrogen-bond acceptors (Lipinski definition) is 1. The van der Waals surface area contributed by atoms with E-state index in [-0.39, 0.29) is 12.5 Å². The first-order valence-electron chi connectivity index (χ1n) is 6.81. The van der Waals surface area contributed by atoms with Crippen LogP contribution in [0.1, 0.15) is 38.2 Å². The zero-order valence-electron chi connectivity index (χ0n) is 11.3. The van der Waals surface area contributed by atoms with Gasteiger partial charge in [0.1, 0.15) is 0 Å². The van der Waals surface area contributed by atoms with Crippen molar-refractivity contribution in [1.29, 1.82) is 0 Å².